The number of fused-ring (bicyclic) bond motifs is 1. The fourth-order valence-corrected chi connectivity index (χ4v) is 3.10. The Kier molecular flexibility index (Phi) is 4.57. The van der Waals surface area contributed by atoms with Gasteiger partial charge in [-0.3, -0.25) is 4.79 Å². The van der Waals surface area contributed by atoms with Crippen molar-refractivity contribution >= 4 is 33.1 Å². The summed E-state index contributed by atoms with van der Waals surface area (Å²) in [6.07, 6.45) is 2.39. The lowest BCUT2D eigenvalue weighted by molar-refractivity contribution is 0.0950. The van der Waals surface area contributed by atoms with Gasteiger partial charge in [0.15, 0.2) is 0 Å². The molecule has 1 amide bonds. The van der Waals surface area contributed by atoms with Crippen molar-refractivity contribution in [1.82, 2.24) is 10.3 Å². The summed E-state index contributed by atoms with van der Waals surface area (Å²) in [5.41, 5.74) is 7.60. The van der Waals surface area contributed by atoms with Gasteiger partial charge in [-0.15, -0.1) is 11.3 Å². The number of nitrogens with one attached hydrogen (secondary N) is 1. The molecule has 108 valence electrons. The smallest absolute Gasteiger partial charge is 0.263 e. The van der Waals surface area contributed by atoms with Crippen LogP contribution in [-0.2, 0) is 0 Å². The summed E-state index contributed by atoms with van der Waals surface area (Å²) in [7, 11) is 0. The molecule has 6 heteroatoms. The number of aliphatic hydroxyl groups is 1. The van der Waals surface area contributed by atoms with E-state index in [1.54, 1.807) is 6.20 Å². The van der Waals surface area contributed by atoms with Crippen molar-refractivity contribution in [2.45, 2.75) is 20.3 Å². The van der Waals surface area contributed by atoms with E-state index in [1.807, 2.05) is 19.9 Å². The summed E-state index contributed by atoms with van der Waals surface area (Å²) in [4.78, 5) is 17.7. The summed E-state index contributed by atoms with van der Waals surface area (Å²) >= 11 is 1.31. The summed E-state index contributed by atoms with van der Waals surface area (Å²) in [6, 6.07) is 1.89. The van der Waals surface area contributed by atoms with E-state index in [0.29, 0.717) is 23.5 Å². The highest BCUT2D eigenvalue weighted by molar-refractivity contribution is 7.21. The zero-order valence-electron chi connectivity index (χ0n) is 11.6. The van der Waals surface area contributed by atoms with Crippen LogP contribution in [0.3, 0.4) is 0 Å². The number of hydrogen-bond donors (Lipinski definition) is 3. The third-order valence-corrected chi connectivity index (χ3v) is 4.39. The molecular formula is C14H19N3O2S. The molecule has 5 nitrogen and oxygen atoms in total. The maximum absolute atomic E-state index is 12.2. The average Bonchev–Trinajstić information content (AvgIpc) is 2.75. The number of carbonyl (C=O) groups is 1. The highest BCUT2D eigenvalue weighted by Gasteiger charge is 2.18. The first kappa shape index (κ1) is 14.7. The van der Waals surface area contributed by atoms with Crippen molar-refractivity contribution in [1.29, 1.82) is 0 Å². The molecule has 20 heavy (non-hydrogen) atoms. The van der Waals surface area contributed by atoms with Crippen LogP contribution in [0.4, 0.5) is 5.69 Å². The molecule has 0 fully saturated rings. The molecule has 1 unspecified atom stereocenters. The highest BCUT2D eigenvalue weighted by Crippen LogP contribution is 2.34. The lowest BCUT2D eigenvalue weighted by Gasteiger charge is -2.10. The minimum absolute atomic E-state index is 0.130. The first-order chi connectivity index (χ1) is 9.54. The third kappa shape index (κ3) is 2.91. The molecule has 0 bridgehead atoms. The Morgan fingerprint density at radius 3 is 3.00 bits per heavy atom. The predicted molar refractivity (Wildman–Crippen MR) is 82.0 cm³/mol. The van der Waals surface area contributed by atoms with Gasteiger partial charge in [-0.05, 0) is 30.9 Å². The third-order valence-electron chi connectivity index (χ3n) is 3.28. The van der Waals surface area contributed by atoms with Crippen LogP contribution < -0.4 is 11.1 Å². The number of amides is 1. The first-order valence-electron chi connectivity index (χ1n) is 6.57. The molecule has 0 aliphatic rings. The van der Waals surface area contributed by atoms with E-state index in [-0.39, 0.29) is 18.4 Å². The van der Waals surface area contributed by atoms with Crippen molar-refractivity contribution in [3.8, 4) is 0 Å². The molecule has 1 atom stereocenters. The maximum atomic E-state index is 12.2. The van der Waals surface area contributed by atoms with Crippen molar-refractivity contribution in [2.24, 2.45) is 5.92 Å². The van der Waals surface area contributed by atoms with Gasteiger partial charge in [0.25, 0.3) is 5.91 Å². The van der Waals surface area contributed by atoms with Crippen LogP contribution >= 0.6 is 11.3 Å². The Labute approximate surface area is 121 Å². The molecule has 0 aliphatic heterocycles. The lowest BCUT2D eigenvalue weighted by atomic mass is 10.1. The largest absolute Gasteiger partial charge is 0.397 e. The molecule has 0 radical (unpaired) electrons. The molecular weight excluding hydrogens is 274 g/mol. The zero-order valence-corrected chi connectivity index (χ0v) is 12.5. The van der Waals surface area contributed by atoms with E-state index >= 15 is 0 Å². The fourth-order valence-electron chi connectivity index (χ4n) is 2.04. The number of aliphatic hydroxyl groups excluding tert-OH is 1. The maximum Gasteiger partial charge on any atom is 0.263 e. The van der Waals surface area contributed by atoms with E-state index in [2.05, 4.69) is 10.3 Å². The molecule has 0 saturated carbocycles. The van der Waals surface area contributed by atoms with E-state index in [9.17, 15) is 4.79 Å². The zero-order chi connectivity index (χ0) is 14.7. The van der Waals surface area contributed by atoms with Crippen molar-refractivity contribution in [2.75, 3.05) is 18.9 Å². The van der Waals surface area contributed by atoms with Crippen LogP contribution in [0.1, 0.15) is 28.6 Å². The van der Waals surface area contributed by atoms with Crippen LogP contribution in [0.5, 0.6) is 0 Å². The Morgan fingerprint density at radius 1 is 1.60 bits per heavy atom. The Hall–Kier alpha value is -1.66. The van der Waals surface area contributed by atoms with E-state index in [0.717, 1.165) is 15.8 Å². The van der Waals surface area contributed by atoms with Gasteiger partial charge in [-0.2, -0.15) is 0 Å². The second-order valence-electron chi connectivity index (χ2n) is 4.98. The quantitative estimate of drug-likeness (QED) is 0.786. The fraction of sp³-hybridized carbons (Fsp3) is 0.429. The van der Waals surface area contributed by atoms with E-state index in [4.69, 9.17) is 10.8 Å². The number of aromatic nitrogens is 1. The number of nitrogen functional groups attached to an aromatic ring is 1. The highest BCUT2D eigenvalue weighted by atomic mass is 32.1. The minimum Gasteiger partial charge on any atom is -0.397 e. The number of carbonyl (C=O) groups excluding carboxylic acids is 1. The molecule has 0 saturated heterocycles. The number of pyridine rings is 1. The molecule has 2 rings (SSSR count). The lowest BCUT2D eigenvalue weighted by Crippen LogP contribution is -2.28. The van der Waals surface area contributed by atoms with Crippen LogP contribution in [0.2, 0.25) is 0 Å². The van der Waals surface area contributed by atoms with Crippen LogP contribution in [0.15, 0.2) is 12.3 Å². The van der Waals surface area contributed by atoms with Crippen LogP contribution in [-0.4, -0.2) is 29.1 Å². The summed E-state index contributed by atoms with van der Waals surface area (Å²) in [5, 5.41) is 12.6. The molecule has 2 aromatic rings. The summed E-state index contributed by atoms with van der Waals surface area (Å²) in [5.74, 6) is 0.0640. The number of thiophene rings is 1. The second-order valence-corrected chi connectivity index (χ2v) is 5.98. The predicted octanol–water partition coefficient (Wildman–Crippen LogP) is 1.94. The van der Waals surface area contributed by atoms with Gasteiger partial charge in [0, 0.05) is 24.7 Å². The number of nitrogens with two attached hydrogens (primary N) is 1. The monoisotopic (exact) mass is 293 g/mol. The summed E-state index contributed by atoms with van der Waals surface area (Å²) in [6.45, 7) is 4.60. The van der Waals surface area contributed by atoms with Gasteiger partial charge in [-0.1, -0.05) is 6.92 Å². The Balaban J connectivity index is 2.19. The average molecular weight is 293 g/mol. The number of hydrogen-bond acceptors (Lipinski definition) is 5. The molecule has 2 heterocycles. The normalized spacial score (nSPS) is 12.6. The van der Waals surface area contributed by atoms with E-state index < -0.39 is 0 Å². The number of aryl methyl sites for hydroxylation is 1. The Morgan fingerprint density at radius 2 is 2.35 bits per heavy atom. The first-order valence-corrected chi connectivity index (χ1v) is 7.38. The van der Waals surface area contributed by atoms with Crippen molar-refractivity contribution in [3.05, 3.63) is 22.7 Å². The van der Waals surface area contributed by atoms with Gasteiger partial charge in [0.1, 0.15) is 9.71 Å². The van der Waals surface area contributed by atoms with Crippen LogP contribution in [0.25, 0.3) is 10.2 Å². The second kappa shape index (κ2) is 6.19. The number of nitrogens with zero attached hydrogens (tertiary/aromatic N) is 1. The summed E-state index contributed by atoms with van der Waals surface area (Å²) < 4.78 is 0. The van der Waals surface area contributed by atoms with Crippen molar-refractivity contribution < 1.29 is 9.90 Å². The topological polar surface area (TPSA) is 88.2 Å². The standard InChI is InChI=1S/C14H19N3O2S/c1-8(4-6-18)7-17-13(19)12-11(15)10-9(2)3-5-16-14(10)20-12/h3,5,8,18H,4,6-7,15H2,1-2H3,(H,17,19). The van der Waals surface area contributed by atoms with E-state index in [1.165, 1.54) is 11.3 Å². The van der Waals surface area contributed by atoms with Crippen LogP contribution in [0, 0.1) is 12.8 Å². The van der Waals surface area contributed by atoms with Gasteiger partial charge in [0.2, 0.25) is 0 Å². The SMILES string of the molecule is Cc1ccnc2sc(C(=O)NCC(C)CCO)c(N)c12. The molecule has 0 aliphatic carbocycles. The molecule has 4 N–H and O–H groups in total. The molecule has 0 spiro atoms. The Bertz CT molecular complexity index is 624. The van der Waals surface area contributed by atoms with Gasteiger partial charge in [0.05, 0.1) is 5.69 Å². The van der Waals surface area contributed by atoms with Gasteiger partial charge < -0.3 is 16.2 Å². The minimum atomic E-state index is -0.172. The van der Waals surface area contributed by atoms with Crippen molar-refractivity contribution in [3.63, 3.8) is 0 Å². The molecule has 2 aromatic heterocycles. The van der Waals surface area contributed by atoms with Gasteiger partial charge in [-0.25, -0.2) is 4.98 Å². The number of rotatable bonds is 5. The van der Waals surface area contributed by atoms with Gasteiger partial charge >= 0.3 is 0 Å². The molecule has 0 aromatic carbocycles. The number of anilines is 1.